The van der Waals surface area contributed by atoms with Crippen LogP contribution in [-0.2, 0) is 6.54 Å². The minimum atomic E-state index is -0.857. The average Bonchev–Trinajstić information content (AvgIpc) is 2.88. The van der Waals surface area contributed by atoms with Crippen LogP contribution in [0, 0.1) is 15.9 Å². The molecule has 2 heterocycles. The van der Waals surface area contributed by atoms with Gasteiger partial charge in [0.2, 0.25) is 5.82 Å². The third kappa shape index (κ3) is 2.53. The number of anilines is 1. The molecular weight excluding hydrogens is 275 g/mol. The van der Waals surface area contributed by atoms with Crippen LogP contribution >= 0.6 is 0 Å². The quantitative estimate of drug-likeness (QED) is 0.591. The second-order valence-corrected chi connectivity index (χ2v) is 4.48. The van der Waals surface area contributed by atoms with Gasteiger partial charge in [-0.15, -0.1) is 0 Å². The highest BCUT2D eigenvalue weighted by atomic mass is 19.1. The number of benzene rings is 1. The lowest BCUT2D eigenvalue weighted by molar-refractivity contribution is -0.387. The van der Waals surface area contributed by atoms with Gasteiger partial charge >= 0.3 is 5.69 Å². The molecule has 1 aromatic carbocycles. The molecule has 0 amide bonds. The van der Waals surface area contributed by atoms with Crippen molar-refractivity contribution >= 4 is 16.9 Å². The van der Waals surface area contributed by atoms with E-state index in [0.717, 1.165) is 23.2 Å². The fourth-order valence-electron chi connectivity index (χ4n) is 2.09. The molecule has 0 atom stereocenters. The van der Waals surface area contributed by atoms with E-state index in [1.54, 1.807) is 10.7 Å². The molecule has 0 spiro atoms. The summed E-state index contributed by atoms with van der Waals surface area (Å²) in [4.78, 5) is 9.81. The molecule has 1 N–H and O–H groups in total. The lowest BCUT2D eigenvalue weighted by Gasteiger charge is -2.05. The molecule has 106 valence electrons. The molecule has 0 radical (unpaired) electrons. The first-order valence-corrected chi connectivity index (χ1v) is 6.24. The summed E-state index contributed by atoms with van der Waals surface area (Å²) < 4.78 is 15.3. The summed E-state index contributed by atoms with van der Waals surface area (Å²) in [6.45, 7) is 0.449. The number of aromatic nitrogens is 2. The summed E-state index contributed by atoms with van der Waals surface area (Å²) in [5, 5.41) is 17.8. The highest BCUT2D eigenvalue weighted by molar-refractivity contribution is 5.56. The Morgan fingerprint density at radius 2 is 2.19 bits per heavy atom. The Bertz CT molecular complexity index is 816. The zero-order valence-electron chi connectivity index (χ0n) is 10.9. The summed E-state index contributed by atoms with van der Waals surface area (Å²) in [5.74, 6) is -0.857. The van der Waals surface area contributed by atoms with Crippen molar-refractivity contribution in [2.45, 2.75) is 6.54 Å². The summed E-state index contributed by atoms with van der Waals surface area (Å²) in [6.07, 6.45) is 3.56. The van der Waals surface area contributed by atoms with Crippen LogP contribution in [0.4, 0.5) is 15.8 Å². The number of halogens is 1. The predicted octanol–water partition coefficient (Wildman–Crippen LogP) is 2.99. The van der Waals surface area contributed by atoms with Gasteiger partial charge in [-0.05, 0) is 18.2 Å². The van der Waals surface area contributed by atoms with Crippen molar-refractivity contribution in [1.29, 1.82) is 0 Å². The molecule has 3 aromatic rings. The minimum absolute atomic E-state index is 0.449. The Kier molecular flexibility index (Phi) is 3.23. The highest BCUT2D eigenvalue weighted by Gasteiger charge is 2.13. The summed E-state index contributed by atoms with van der Waals surface area (Å²) in [6, 6.07) is 9.46. The smallest absolute Gasteiger partial charge is 0.304 e. The van der Waals surface area contributed by atoms with Gasteiger partial charge in [0, 0.05) is 36.1 Å². The van der Waals surface area contributed by atoms with E-state index in [1.807, 2.05) is 24.4 Å². The maximum atomic E-state index is 13.5. The van der Waals surface area contributed by atoms with Crippen LogP contribution in [0.1, 0.15) is 5.56 Å². The lowest BCUT2D eigenvalue weighted by atomic mass is 10.2. The number of nitrogens with one attached hydrogen (secondary N) is 1. The highest BCUT2D eigenvalue weighted by Crippen LogP contribution is 2.21. The van der Waals surface area contributed by atoms with E-state index in [4.69, 9.17) is 0 Å². The number of nitro groups is 1. The van der Waals surface area contributed by atoms with Gasteiger partial charge in [-0.3, -0.25) is 10.1 Å². The van der Waals surface area contributed by atoms with E-state index in [1.165, 1.54) is 6.07 Å². The Balaban J connectivity index is 1.79. The summed E-state index contributed by atoms with van der Waals surface area (Å²) in [7, 11) is 0. The van der Waals surface area contributed by atoms with Gasteiger partial charge in [-0.25, -0.2) is 4.52 Å². The Hall–Kier alpha value is -2.96. The molecule has 6 nitrogen and oxygen atoms in total. The van der Waals surface area contributed by atoms with Crippen molar-refractivity contribution < 1.29 is 9.31 Å². The zero-order valence-corrected chi connectivity index (χ0v) is 10.9. The van der Waals surface area contributed by atoms with Crippen molar-refractivity contribution in [3.63, 3.8) is 0 Å². The number of rotatable bonds is 4. The molecule has 0 saturated heterocycles. The Morgan fingerprint density at radius 3 is 2.95 bits per heavy atom. The Labute approximate surface area is 119 Å². The van der Waals surface area contributed by atoms with Crippen LogP contribution in [0.2, 0.25) is 0 Å². The minimum Gasteiger partial charge on any atom is -0.381 e. The van der Waals surface area contributed by atoms with Crippen LogP contribution in [0.3, 0.4) is 0 Å². The van der Waals surface area contributed by atoms with Crippen LogP contribution in [-0.4, -0.2) is 14.5 Å². The van der Waals surface area contributed by atoms with Gasteiger partial charge in [0.15, 0.2) is 0 Å². The summed E-state index contributed by atoms with van der Waals surface area (Å²) in [5.41, 5.74) is 1.85. The Morgan fingerprint density at radius 1 is 1.33 bits per heavy atom. The largest absolute Gasteiger partial charge is 0.381 e. The van der Waals surface area contributed by atoms with E-state index < -0.39 is 16.4 Å². The zero-order chi connectivity index (χ0) is 14.8. The van der Waals surface area contributed by atoms with Crippen LogP contribution < -0.4 is 5.32 Å². The SMILES string of the molecule is O=[N+]([O-])c1ccc(NCc2cnn3ccccc23)cc1F. The average molecular weight is 286 g/mol. The van der Waals surface area contributed by atoms with Gasteiger partial charge in [-0.2, -0.15) is 9.49 Å². The number of fused-ring (bicyclic) bond motifs is 1. The second-order valence-electron chi connectivity index (χ2n) is 4.48. The van der Waals surface area contributed by atoms with Gasteiger partial charge in [0.05, 0.1) is 16.6 Å². The van der Waals surface area contributed by atoms with Crippen molar-refractivity contribution in [1.82, 2.24) is 9.61 Å². The van der Waals surface area contributed by atoms with Crippen LogP contribution in [0.15, 0.2) is 48.8 Å². The first-order chi connectivity index (χ1) is 10.1. The van der Waals surface area contributed by atoms with E-state index in [9.17, 15) is 14.5 Å². The van der Waals surface area contributed by atoms with Crippen LogP contribution in [0.25, 0.3) is 5.52 Å². The lowest BCUT2D eigenvalue weighted by Crippen LogP contribution is -2.00. The van der Waals surface area contributed by atoms with Gasteiger partial charge in [0.1, 0.15) is 0 Å². The molecule has 21 heavy (non-hydrogen) atoms. The fourth-order valence-corrected chi connectivity index (χ4v) is 2.09. The van der Waals surface area contributed by atoms with Gasteiger partial charge in [0.25, 0.3) is 0 Å². The fraction of sp³-hybridized carbons (Fsp3) is 0.0714. The molecule has 2 aromatic heterocycles. The first kappa shape index (κ1) is 13.0. The molecule has 0 bridgehead atoms. The number of nitro benzene ring substituents is 1. The second kappa shape index (κ2) is 5.20. The normalized spacial score (nSPS) is 10.7. The van der Waals surface area contributed by atoms with Crippen LogP contribution in [0.5, 0.6) is 0 Å². The van der Waals surface area contributed by atoms with E-state index in [2.05, 4.69) is 10.4 Å². The molecule has 0 fully saturated rings. The van der Waals surface area contributed by atoms with Gasteiger partial charge < -0.3 is 5.32 Å². The summed E-state index contributed by atoms with van der Waals surface area (Å²) >= 11 is 0. The predicted molar refractivity (Wildman–Crippen MR) is 75.6 cm³/mol. The van der Waals surface area contributed by atoms with Gasteiger partial charge in [-0.1, -0.05) is 6.07 Å². The third-order valence-electron chi connectivity index (χ3n) is 3.13. The molecular formula is C14H11FN4O2. The van der Waals surface area contributed by atoms with E-state index >= 15 is 0 Å². The standard InChI is InChI=1S/C14H11FN4O2/c15-12-7-11(4-5-14(12)19(20)21)16-8-10-9-17-18-6-2-1-3-13(10)18/h1-7,9,16H,8H2. The van der Waals surface area contributed by atoms with Crippen molar-refractivity contribution in [3.05, 3.63) is 70.3 Å². The number of nitrogens with zero attached hydrogens (tertiary/aromatic N) is 3. The molecule has 0 unspecified atom stereocenters. The topological polar surface area (TPSA) is 72.5 Å². The third-order valence-corrected chi connectivity index (χ3v) is 3.13. The molecule has 0 saturated carbocycles. The van der Waals surface area contributed by atoms with Crippen molar-refractivity contribution in [3.8, 4) is 0 Å². The van der Waals surface area contributed by atoms with Crippen molar-refractivity contribution in [2.75, 3.05) is 5.32 Å². The number of hydrogen-bond acceptors (Lipinski definition) is 4. The molecule has 3 rings (SSSR count). The molecule has 0 aliphatic heterocycles. The van der Waals surface area contributed by atoms with Crippen molar-refractivity contribution in [2.24, 2.45) is 0 Å². The van der Waals surface area contributed by atoms with E-state index in [0.29, 0.717) is 12.2 Å². The molecule has 7 heteroatoms. The molecule has 0 aliphatic carbocycles. The maximum absolute atomic E-state index is 13.5. The van der Waals surface area contributed by atoms with E-state index in [-0.39, 0.29) is 0 Å². The monoisotopic (exact) mass is 286 g/mol. The number of hydrogen-bond donors (Lipinski definition) is 1. The first-order valence-electron chi connectivity index (χ1n) is 6.24. The maximum Gasteiger partial charge on any atom is 0.304 e. The molecule has 0 aliphatic rings. The number of pyridine rings is 1.